The van der Waals surface area contributed by atoms with Crippen molar-refractivity contribution in [3.8, 4) is 5.75 Å². The van der Waals surface area contributed by atoms with Crippen molar-refractivity contribution in [2.45, 2.75) is 12.8 Å². The second kappa shape index (κ2) is 4.59. The molecule has 4 nitrogen and oxygen atoms in total. The second-order valence-electron chi connectivity index (χ2n) is 3.48. The van der Waals surface area contributed by atoms with Crippen LogP contribution in [0, 0.1) is 0 Å². The number of benzene rings is 1. The molecule has 1 heterocycles. The van der Waals surface area contributed by atoms with Gasteiger partial charge in [-0.3, -0.25) is 0 Å². The predicted octanol–water partition coefficient (Wildman–Crippen LogP) is 2.85. The molecule has 0 saturated carbocycles. The largest absolute Gasteiger partial charge is 0.486 e. The van der Waals surface area contributed by atoms with Crippen LogP contribution in [0.5, 0.6) is 5.75 Å². The minimum absolute atomic E-state index is 0.0161. The molecule has 0 spiro atoms. The van der Waals surface area contributed by atoms with Crippen LogP contribution in [0.3, 0.4) is 0 Å². The molecule has 18 heavy (non-hydrogen) atoms. The van der Waals surface area contributed by atoms with Gasteiger partial charge in [0.05, 0.1) is 11.8 Å². The van der Waals surface area contributed by atoms with Gasteiger partial charge in [0.15, 0.2) is 5.76 Å². The monoisotopic (exact) mass is 258 g/mol. The zero-order valence-corrected chi connectivity index (χ0v) is 9.07. The molecule has 96 valence electrons. The van der Waals surface area contributed by atoms with Crippen LogP contribution < -0.4 is 10.5 Å². The molecular weight excluding hydrogens is 249 g/mol. The molecular formula is C11H9F3N2O2. The Balaban J connectivity index is 2.06. The van der Waals surface area contributed by atoms with Crippen LogP contribution in [-0.4, -0.2) is 4.98 Å². The number of hydrogen-bond donors (Lipinski definition) is 1. The molecule has 0 aliphatic heterocycles. The van der Waals surface area contributed by atoms with E-state index in [-0.39, 0.29) is 18.4 Å². The van der Waals surface area contributed by atoms with E-state index < -0.39 is 11.7 Å². The van der Waals surface area contributed by atoms with Crippen LogP contribution >= 0.6 is 0 Å². The lowest BCUT2D eigenvalue weighted by Crippen LogP contribution is -2.05. The topological polar surface area (TPSA) is 61.3 Å². The molecule has 0 unspecified atom stereocenters. The lowest BCUT2D eigenvalue weighted by molar-refractivity contribution is -0.137. The maximum atomic E-state index is 12.4. The Hall–Kier alpha value is -2.18. The molecule has 0 aliphatic rings. The van der Waals surface area contributed by atoms with Gasteiger partial charge in [-0.25, -0.2) is 4.98 Å². The summed E-state index contributed by atoms with van der Waals surface area (Å²) in [5, 5.41) is 0. The van der Waals surface area contributed by atoms with Gasteiger partial charge in [0.2, 0.25) is 0 Å². The van der Waals surface area contributed by atoms with Crippen LogP contribution in [0.25, 0.3) is 0 Å². The number of rotatable bonds is 3. The minimum Gasteiger partial charge on any atom is -0.486 e. The van der Waals surface area contributed by atoms with Crippen LogP contribution in [0.4, 0.5) is 19.2 Å². The highest BCUT2D eigenvalue weighted by Gasteiger charge is 2.30. The van der Waals surface area contributed by atoms with Gasteiger partial charge >= 0.3 is 6.18 Å². The maximum absolute atomic E-state index is 12.4. The van der Waals surface area contributed by atoms with Crippen molar-refractivity contribution in [1.82, 2.24) is 4.98 Å². The van der Waals surface area contributed by atoms with Gasteiger partial charge in [0.1, 0.15) is 12.4 Å². The van der Waals surface area contributed by atoms with Crippen molar-refractivity contribution in [3.63, 3.8) is 0 Å². The standard InChI is InChI=1S/C11H9F3N2O2/c12-11(13,14)7-2-1-3-8(4-7)17-6-9-5-16-10(15)18-9/h1-5H,6H2,(H2,15,16). The van der Waals surface area contributed by atoms with Crippen LogP contribution in [-0.2, 0) is 12.8 Å². The van der Waals surface area contributed by atoms with Gasteiger partial charge in [0.25, 0.3) is 6.01 Å². The van der Waals surface area contributed by atoms with Gasteiger partial charge in [-0.05, 0) is 18.2 Å². The lowest BCUT2D eigenvalue weighted by atomic mass is 10.2. The summed E-state index contributed by atoms with van der Waals surface area (Å²) in [5.41, 5.74) is 4.48. The van der Waals surface area contributed by atoms with Crippen molar-refractivity contribution in [2.75, 3.05) is 5.73 Å². The highest BCUT2D eigenvalue weighted by atomic mass is 19.4. The number of anilines is 1. The van der Waals surface area contributed by atoms with Crippen molar-refractivity contribution < 1.29 is 22.3 Å². The zero-order valence-electron chi connectivity index (χ0n) is 9.07. The Labute approximate surface area is 100 Å². The summed E-state index contributed by atoms with van der Waals surface area (Å²) in [7, 11) is 0. The molecule has 2 aromatic rings. The van der Waals surface area contributed by atoms with Gasteiger partial charge in [-0.15, -0.1) is 0 Å². The molecule has 1 aromatic carbocycles. The Kier molecular flexibility index (Phi) is 3.14. The molecule has 0 atom stereocenters. The first-order valence-electron chi connectivity index (χ1n) is 4.95. The summed E-state index contributed by atoms with van der Waals surface area (Å²) in [6.07, 6.45) is -3.04. The third kappa shape index (κ3) is 2.93. The van der Waals surface area contributed by atoms with E-state index in [1.165, 1.54) is 18.3 Å². The predicted molar refractivity (Wildman–Crippen MR) is 56.7 cm³/mol. The third-order valence-corrected chi connectivity index (χ3v) is 2.11. The highest BCUT2D eigenvalue weighted by molar-refractivity contribution is 5.30. The first-order valence-corrected chi connectivity index (χ1v) is 4.95. The van der Waals surface area contributed by atoms with Crippen molar-refractivity contribution in [1.29, 1.82) is 0 Å². The number of alkyl halides is 3. The molecule has 7 heteroatoms. The molecule has 2 N–H and O–H groups in total. The molecule has 1 aromatic heterocycles. The smallest absolute Gasteiger partial charge is 0.416 e. The minimum atomic E-state index is -4.39. The number of nitrogen functional groups attached to an aromatic ring is 1. The summed E-state index contributed by atoms with van der Waals surface area (Å²) in [6, 6.07) is 4.57. The number of hydrogen-bond acceptors (Lipinski definition) is 4. The van der Waals surface area contributed by atoms with Crippen molar-refractivity contribution in [3.05, 3.63) is 41.8 Å². The summed E-state index contributed by atoms with van der Waals surface area (Å²) in [5.74, 6) is 0.435. The zero-order chi connectivity index (χ0) is 13.2. The number of aromatic nitrogens is 1. The second-order valence-corrected chi connectivity index (χ2v) is 3.48. The summed E-state index contributed by atoms with van der Waals surface area (Å²) < 4.78 is 47.4. The fourth-order valence-corrected chi connectivity index (χ4v) is 1.31. The van der Waals surface area contributed by atoms with Crippen LogP contribution in [0.2, 0.25) is 0 Å². The first kappa shape index (κ1) is 12.3. The SMILES string of the molecule is Nc1ncc(COc2cccc(C(F)(F)F)c2)o1. The maximum Gasteiger partial charge on any atom is 0.416 e. The van der Waals surface area contributed by atoms with E-state index in [0.717, 1.165) is 12.1 Å². The number of nitrogens with two attached hydrogens (primary N) is 1. The number of oxazole rings is 1. The fourth-order valence-electron chi connectivity index (χ4n) is 1.31. The molecule has 2 rings (SSSR count). The van der Waals surface area contributed by atoms with Crippen LogP contribution in [0.1, 0.15) is 11.3 Å². The van der Waals surface area contributed by atoms with E-state index in [0.29, 0.717) is 5.76 Å². The van der Waals surface area contributed by atoms with Crippen molar-refractivity contribution in [2.24, 2.45) is 0 Å². The van der Waals surface area contributed by atoms with E-state index in [1.54, 1.807) is 0 Å². The number of halogens is 3. The quantitative estimate of drug-likeness (QED) is 0.919. The molecule has 0 amide bonds. The van der Waals surface area contributed by atoms with Crippen molar-refractivity contribution >= 4 is 6.01 Å². The summed E-state index contributed by atoms with van der Waals surface area (Å²) in [4.78, 5) is 3.64. The van der Waals surface area contributed by atoms with Gasteiger partial charge in [-0.2, -0.15) is 13.2 Å². The molecule has 0 radical (unpaired) electrons. The molecule has 0 fully saturated rings. The molecule has 0 saturated heterocycles. The van der Waals surface area contributed by atoms with Crippen LogP contribution in [0.15, 0.2) is 34.9 Å². The normalized spacial score (nSPS) is 11.5. The Bertz CT molecular complexity index is 537. The average Bonchev–Trinajstić information content (AvgIpc) is 2.72. The Morgan fingerprint density at radius 2 is 2.11 bits per heavy atom. The first-order chi connectivity index (χ1) is 8.45. The Morgan fingerprint density at radius 1 is 1.33 bits per heavy atom. The van der Waals surface area contributed by atoms with Gasteiger partial charge in [0, 0.05) is 0 Å². The van der Waals surface area contributed by atoms with E-state index in [2.05, 4.69) is 4.98 Å². The molecule has 0 aliphatic carbocycles. The number of nitrogens with zero attached hydrogens (tertiary/aromatic N) is 1. The Morgan fingerprint density at radius 3 is 2.72 bits per heavy atom. The summed E-state index contributed by atoms with van der Waals surface area (Å²) >= 11 is 0. The van der Waals surface area contributed by atoms with Gasteiger partial charge < -0.3 is 14.9 Å². The van der Waals surface area contributed by atoms with E-state index >= 15 is 0 Å². The average molecular weight is 258 g/mol. The summed E-state index contributed by atoms with van der Waals surface area (Å²) in [6.45, 7) is -0.0362. The van der Waals surface area contributed by atoms with E-state index in [9.17, 15) is 13.2 Å². The fraction of sp³-hybridized carbons (Fsp3) is 0.182. The van der Waals surface area contributed by atoms with E-state index in [1.807, 2.05) is 0 Å². The van der Waals surface area contributed by atoms with E-state index in [4.69, 9.17) is 14.9 Å². The molecule has 0 bridgehead atoms. The van der Waals surface area contributed by atoms with Gasteiger partial charge in [-0.1, -0.05) is 6.07 Å². The lowest BCUT2D eigenvalue weighted by Gasteiger charge is -2.09. The third-order valence-electron chi connectivity index (χ3n) is 2.11. The number of ether oxygens (including phenoxy) is 1. The highest BCUT2D eigenvalue weighted by Crippen LogP contribution is 2.31.